The molecule has 0 bridgehead atoms. The third-order valence-corrected chi connectivity index (χ3v) is 6.57. The number of halogens is 1. The van der Waals surface area contributed by atoms with Crippen molar-refractivity contribution >= 4 is 15.9 Å². The molecule has 0 fully saturated rings. The Bertz CT molecular complexity index is 1350. The smallest absolute Gasteiger partial charge is 0.244 e. The normalized spacial score (nSPS) is 12.3. The van der Waals surface area contributed by atoms with Gasteiger partial charge in [-0.25, -0.2) is 22.8 Å². The maximum absolute atomic E-state index is 14.1. The standard InChI is InChI=1S/C24H22FN5O3S/c25-20-8-4-5-9-22(20)34(32,33)29-21(14-18-6-2-1-3-7-18)24(31)28-16-19-10-11-23(27-15-19)30-13-12-26-17-30/h1-13,15,17,21,29H,14,16H2,(H,28,31)/t21-/m0/s1. The lowest BCUT2D eigenvalue weighted by Crippen LogP contribution is -2.47. The molecule has 0 aliphatic heterocycles. The van der Waals surface area contributed by atoms with Crippen molar-refractivity contribution in [2.24, 2.45) is 0 Å². The number of benzene rings is 2. The molecule has 8 nitrogen and oxygen atoms in total. The number of carbonyl (C=O) groups is 1. The summed E-state index contributed by atoms with van der Waals surface area (Å²) < 4.78 is 43.9. The van der Waals surface area contributed by atoms with Crippen LogP contribution in [0, 0.1) is 5.82 Å². The van der Waals surface area contributed by atoms with Crippen LogP contribution < -0.4 is 10.0 Å². The number of amides is 1. The van der Waals surface area contributed by atoms with E-state index in [1.54, 1.807) is 65.9 Å². The van der Waals surface area contributed by atoms with Crippen LogP contribution in [0.3, 0.4) is 0 Å². The molecule has 0 spiro atoms. The van der Waals surface area contributed by atoms with Gasteiger partial charge in [-0.15, -0.1) is 0 Å². The molecular formula is C24H22FN5O3S. The molecule has 0 aliphatic rings. The maximum Gasteiger partial charge on any atom is 0.244 e. The third kappa shape index (κ3) is 5.72. The Morgan fingerprint density at radius 1 is 1.00 bits per heavy atom. The van der Waals surface area contributed by atoms with Gasteiger partial charge in [0, 0.05) is 25.1 Å². The van der Waals surface area contributed by atoms with Crippen LogP contribution in [0.5, 0.6) is 0 Å². The number of rotatable bonds is 9. The van der Waals surface area contributed by atoms with E-state index in [4.69, 9.17) is 0 Å². The van der Waals surface area contributed by atoms with Crippen molar-refractivity contribution in [3.8, 4) is 5.82 Å². The van der Waals surface area contributed by atoms with Gasteiger partial charge in [0.25, 0.3) is 0 Å². The highest BCUT2D eigenvalue weighted by Crippen LogP contribution is 2.15. The average molecular weight is 480 g/mol. The van der Waals surface area contributed by atoms with Gasteiger partial charge in [-0.2, -0.15) is 4.72 Å². The van der Waals surface area contributed by atoms with Crippen molar-refractivity contribution in [1.82, 2.24) is 24.6 Å². The minimum atomic E-state index is -4.28. The van der Waals surface area contributed by atoms with Crippen LogP contribution in [0.15, 0.2) is 96.5 Å². The van der Waals surface area contributed by atoms with Crippen LogP contribution in [0.1, 0.15) is 11.1 Å². The highest BCUT2D eigenvalue weighted by Gasteiger charge is 2.27. The van der Waals surface area contributed by atoms with Crippen molar-refractivity contribution in [2.75, 3.05) is 0 Å². The number of sulfonamides is 1. The summed E-state index contributed by atoms with van der Waals surface area (Å²) in [5.41, 5.74) is 1.48. The molecule has 34 heavy (non-hydrogen) atoms. The van der Waals surface area contributed by atoms with E-state index in [9.17, 15) is 17.6 Å². The van der Waals surface area contributed by atoms with Gasteiger partial charge >= 0.3 is 0 Å². The fraction of sp³-hybridized carbons (Fsp3) is 0.125. The van der Waals surface area contributed by atoms with Crippen LogP contribution in [0.4, 0.5) is 4.39 Å². The van der Waals surface area contributed by atoms with Crippen LogP contribution in [0.25, 0.3) is 5.82 Å². The second-order valence-electron chi connectivity index (χ2n) is 7.51. The summed E-state index contributed by atoms with van der Waals surface area (Å²) in [5.74, 6) is -0.757. The first kappa shape index (κ1) is 23.3. The highest BCUT2D eigenvalue weighted by atomic mass is 32.2. The third-order valence-electron chi connectivity index (χ3n) is 5.07. The monoisotopic (exact) mass is 479 g/mol. The first-order valence-electron chi connectivity index (χ1n) is 10.4. The lowest BCUT2D eigenvalue weighted by Gasteiger charge is -2.19. The molecule has 4 aromatic rings. The Balaban J connectivity index is 1.49. The molecule has 0 aliphatic carbocycles. The first-order chi connectivity index (χ1) is 16.4. The van der Waals surface area contributed by atoms with Gasteiger partial charge in [0.05, 0.1) is 0 Å². The van der Waals surface area contributed by atoms with E-state index in [0.29, 0.717) is 5.82 Å². The number of hydrogen-bond acceptors (Lipinski definition) is 5. The van der Waals surface area contributed by atoms with Crippen molar-refractivity contribution in [3.05, 3.63) is 109 Å². The molecule has 174 valence electrons. The van der Waals surface area contributed by atoms with Crippen LogP contribution in [-0.4, -0.2) is 34.9 Å². The maximum atomic E-state index is 14.1. The predicted molar refractivity (Wildman–Crippen MR) is 124 cm³/mol. The summed E-state index contributed by atoms with van der Waals surface area (Å²) in [7, 11) is -4.28. The Morgan fingerprint density at radius 3 is 2.44 bits per heavy atom. The number of pyridine rings is 1. The van der Waals surface area contributed by atoms with Crippen LogP contribution in [-0.2, 0) is 27.8 Å². The van der Waals surface area contributed by atoms with Gasteiger partial charge in [0.2, 0.25) is 15.9 Å². The second kappa shape index (κ2) is 10.4. The van der Waals surface area contributed by atoms with Crippen LogP contribution in [0.2, 0.25) is 0 Å². The molecule has 0 saturated carbocycles. The van der Waals surface area contributed by atoms with Gasteiger partial charge < -0.3 is 5.32 Å². The quantitative estimate of drug-likeness (QED) is 0.384. The summed E-state index contributed by atoms with van der Waals surface area (Å²) in [6, 6.07) is 16.5. The van der Waals surface area contributed by atoms with Gasteiger partial charge in [0.1, 0.15) is 28.9 Å². The summed E-state index contributed by atoms with van der Waals surface area (Å²) in [4.78, 5) is 20.8. The Labute approximate surface area is 196 Å². The second-order valence-corrected chi connectivity index (χ2v) is 9.19. The van der Waals surface area contributed by atoms with Crippen molar-refractivity contribution in [3.63, 3.8) is 0 Å². The van der Waals surface area contributed by atoms with Gasteiger partial charge in [-0.3, -0.25) is 9.36 Å². The molecular weight excluding hydrogens is 457 g/mol. The number of imidazole rings is 1. The topological polar surface area (TPSA) is 106 Å². The molecule has 2 aromatic carbocycles. The zero-order valence-electron chi connectivity index (χ0n) is 18.0. The minimum Gasteiger partial charge on any atom is -0.351 e. The van der Waals surface area contributed by atoms with Gasteiger partial charge in [-0.05, 0) is 35.7 Å². The molecule has 1 atom stereocenters. The van der Waals surface area contributed by atoms with Gasteiger partial charge in [-0.1, -0.05) is 48.5 Å². The van der Waals surface area contributed by atoms with E-state index in [2.05, 4.69) is 20.0 Å². The lowest BCUT2D eigenvalue weighted by molar-refractivity contribution is -0.122. The first-order valence-corrected chi connectivity index (χ1v) is 11.9. The molecule has 2 N–H and O–H groups in total. The van der Waals surface area contributed by atoms with Crippen molar-refractivity contribution in [1.29, 1.82) is 0 Å². The van der Waals surface area contributed by atoms with Gasteiger partial charge in [0.15, 0.2) is 0 Å². The van der Waals surface area contributed by atoms with E-state index in [0.717, 1.165) is 23.3 Å². The lowest BCUT2D eigenvalue weighted by atomic mass is 10.1. The SMILES string of the molecule is O=C(NCc1ccc(-n2ccnc2)nc1)[C@H](Cc1ccccc1)NS(=O)(=O)c1ccccc1F. The molecule has 1 amide bonds. The van der Waals surface area contributed by atoms with E-state index in [1.807, 2.05) is 6.07 Å². The number of nitrogens with one attached hydrogen (secondary N) is 2. The number of carbonyl (C=O) groups excluding carboxylic acids is 1. The summed E-state index contributed by atoms with van der Waals surface area (Å²) >= 11 is 0. The van der Waals surface area contributed by atoms with E-state index < -0.39 is 32.7 Å². The Hall–Kier alpha value is -3.89. The van der Waals surface area contributed by atoms with E-state index >= 15 is 0 Å². The molecule has 0 radical (unpaired) electrons. The minimum absolute atomic E-state index is 0.0954. The van der Waals surface area contributed by atoms with E-state index in [-0.39, 0.29) is 13.0 Å². The summed E-state index contributed by atoms with van der Waals surface area (Å²) in [6.45, 7) is 0.142. The molecule has 0 saturated heterocycles. The molecule has 2 aromatic heterocycles. The number of aromatic nitrogens is 3. The summed E-state index contributed by atoms with van der Waals surface area (Å²) in [6.07, 6.45) is 6.74. The Kier molecular flexibility index (Phi) is 7.09. The Morgan fingerprint density at radius 2 is 1.76 bits per heavy atom. The molecule has 0 unspecified atom stereocenters. The molecule has 2 heterocycles. The molecule has 4 rings (SSSR count). The van der Waals surface area contributed by atoms with Crippen molar-refractivity contribution < 1.29 is 17.6 Å². The van der Waals surface area contributed by atoms with Crippen molar-refractivity contribution in [2.45, 2.75) is 23.9 Å². The fourth-order valence-corrected chi connectivity index (χ4v) is 4.61. The zero-order chi connectivity index (χ0) is 24.0. The highest BCUT2D eigenvalue weighted by molar-refractivity contribution is 7.89. The van der Waals surface area contributed by atoms with Crippen LogP contribution >= 0.6 is 0 Å². The number of hydrogen-bond donors (Lipinski definition) is 2. The average Bonchev–Trinajstić information content (AvgIpc) is 3.38. The zero-order valence-corrected chi connectivity index (χ0v) is 18.8. The summed E-state index contributed by atoms with van der Waals surface area (Å²) in [5, 5.41) is 2.74. The van der Waals surface area contributed by atoms with E-state index in [1.165, 1.54) is 12.1 Å². The molecule has 10 heteroatoms. The fourth-order valence-electron chi connectivity index (χ4n) is 3.33. The number of nitrogens with zero attached hydrogens (tertiary/aromatic N) is 3. The predicted octanol–water partition coefficient (Wildman–Crippen LogP) is 2.61. The largest absolute Gasteiger partial charge is 0.351 e.